The minimum absolute atomic E-state index is 0.0624. The zero-order valence-corrected chi connectivity index (χ0v) is 15.5. The lowest BCUT2D eigenvalue weighted by Crippen LogP contribution is -2.46. The van der Waals surface area contributed by atoms with Gasteiger partial charge in [0.05, 0.1) is 29.3 Å². The molecule has 8 nitrogen and oxygen atoms in total. The summed E-state index contributed by atoms with van der Waals surface area (Å²) in [6.07, 6.45) is 5.11. The molecule has 1 aliphatic heterocycles. The Bertz CT molecular complexity index is 662. The van der Waals surface area contributed by atoms with Crippen molar-refractivity contribution >= 4 is 11.4 Å². The van der Waals surface area contributed by atoms with Gasteiger partial charge in [-0.05, 0) is 44.4 Å². The quantitative estimate of drug-likeness (QED) is 0.325. The van der Waals surface area contributed by atoms with E-state index < -0.39 is 4.92 Å². The first kappa shape index (κ1) is 21.1. The summed E-state index contributed by atoms with van der Waals surface area (Å²) in [5.41, 5.74) is 0.645. The van der Waals surface area contributed by atoms with Gasteiger partial charge in [-0.25, -0.2) is 0 Å². The van der Waals surface area contributed by atoms with Crippen molar-refractivity contribution in [2.45, 2.75) is 50.7 Å². The second kappa shape index (κ2) is 10.8. The molecule has 3 N–H and O–H groups in total. The van der Waals surface area contributed by atoms with Gasteiger partial charge in [0, 0.05) is 25.2 Å². The highest BCUT2D eigenvalue weighted by atomic mass is 16.6. The first-order chi connectivity index (χ1) is 13.0. The van der Waals surface area contributed by atoms with Crippen LogP contribution < -0.4 is 5.32 Å². The average molecular weight is 376 g/mol. The van der Waals surface area contributed by atoms with Crippen LogP contribution in [0.3, 0.4) is 0 Å². The first-order valence-electron chi connectivity index (χ1n) is 9.50. The number of nitriles is 1. The predicted molar refractivity (Wildman–Crippen MR) is 102 cm³/mol. The number of likely N-dealkylation sites (tertiary alicyclic amines) is 1. The van der Waals surface area contributed by atoms with E-state index in [9.17, 15) is 20.3 Å². The van der Waals surface area contributed by atoms with Crippen molar-refractivity contribution in [2.24, 2.45) is 0 Å². The highest BCUT2D eigenvalue weighted by Gasteiger charge is 2.26. The summed E-state index contributed by atoms with van der Waals surface area (Å²) < 4.78 is 0. The van der Waals surface area contributed by atoms with Crippen LogP contribution in [0.1, 0.15) is 44.1 Å². The third-order valence-corrected chi connectivity index (χ3v) is 5.03. The van der Waals surface area contributed by atoms with E-state index in [2.05, 4.69) is 10.2 Å². The van der Waals surface area contributed by atoms with Crippen molar-refractivity contribution in [1.82, 2.24) is 4.90 Å². The molecular formula is C19H28N4O4. The van der Waals surface area contributed by atoms with E-state index in [4.69, 9.17) is 5.26 Å². The number of anilines is 1. The molecule has 1 aromatic rings. The number of aliphatic hydroxyl groups is 2. The second-order valence-corrected chi connectivity index (χ2v) is 6.99. The molecule has 2 atom stereocenters. The number of aliphatic hydroxyl groups excluding tert-OH is 2. The Labute approximate surface area is 159 Å². The number of hydrogen-bond acceptors (Lipinski definition) is 7. The van der Waals surface area contributed by atoms with Crippen molar-refractivity contribution < 1.29 is 15.1 Å². The van der Waals surface area contributed by atoms with Gasteiger partial charge in [0.2, 0.25) is 0 Å². The van der Waals surface area contributed by atoms with Gasteiger partial charge in [0.1, 0.15) is 5.69 Å². The van der Waals surface area contributed by atoms with Crippen LogP contribution in [0.5, 0.6) is 0 Å². The van der Waals surface area contributed by atoms with E-state index in [1.165, 1.54) is 6.07 Å². The lowest BCUT2D eigenvalue weighted by atomic mass is 9.99. The van der Waals surface area contributed by atoms with E-state index in [0.29, 0.717) is 18.7 Å². The van der Waals surface area contributed by atoms with Crippen LogP contribution in [-0.2, 0) is 0 Å². The monoisotopic (exact) mass is 376 g/mol. The van der Waals surface area contributed by atoms with Crippen LogP contribution in [0.15, 0.2) is 18.2 Å². The minimum Gasteiger partial charge on any atom is -0.395 e. The Hall–Kier alpha value is -2.21. The molecule has 1 aromatic carbocycles. The van der Waals surface area contributed by atoms with E-state index >= 15 is 0 Å². The molecule has 0 amide bonds. The Kier molecular flexibility index (Phi) is 8.45. The maximum Gasteiger partial charge on any atom is 0.293 e. The largest absolute Gasteiger partial charge is 0.395 e. The van der Waals surface area contributed by atoms with Gasteiger partial charge in [-0.1, -0.05) is 12.8 Å². The third kappa shape index (κ3) is 6.47. The third-order valence-electron chi connectivity index (χ3n) is 5.03. The number of benzene rings is 1. The molecule has 0 bridgehead atoms. The van der Waals surface area contributed by atoms with Gasteiger partial charge >= 0.3 is 0 Å². The molecule has 1 heterocycles. The average Bonchev–Trinajstić information content (AvgIpc) is 2.67. The summed E-state index contributed by atoms with van der Waals surface area (Å²) in [5, 5.41) is 42.1. The standard InChI is InChI=1S/C19H28N4O4/c20-13-15-5-6-18(19(11-15)23(26)27)21-8-3-1-2-4-9-22-10-7-17(25)12-16(22)14-24/h5-6,11,16-17,21,24-25H,1-4,7-10,12,14H2. The molecule has 148 valence electrons. The molecule has 8 heteroatoms. The maximum atomic E-state index is 11.1. The van der Waals surface area contributed by atoms with Gasteiger partial charge in [-0.2, -0.15) is 5.26 Å². The lowest BCUT2D eigenvalue weighted by molar-refractivity contribution is -0.384. The maximum absolute atomic E-state index is 11.1. The topological polar surface area (TPSA) is 123 Å². The van der Waals surface area contributed by atoms with Crippen LogP contribution in [0.25, 0.3) is 0 Å². The minimum atomic E-state index is -0.476. The van der Waals surface area contributed by atoms with E-state index in [0.717, 1.165) is 45.2 Å². The smallest absolute Gasteiger partial charge is 0.293 e. The number of rotatable bonds is 10. The van der Waals surface area contributed by atoms with Crippen molar-refractivity contribution in [3.8, 4) is 6.07 Å². The van der Waals surface area contributed by atoms with E-state index in [1.54, 1.807) is 12.1 Å². The first-order valence-corrected chi connectivity index (χ1v) is 9.50. The van der Waals surface area contributed by atoms with Crippen LogP contribution in [0.4, 0.5) is 11.4 Å². The number of nitrogens with zero attached hydrogens (tertiary/aromatic N) is 3. The Morgan fingerprint density at radius 1 is 1.33 bits per heavy atom. The summed E-state index contributed by atoms with van der Waals surface area (Å²) in [5.74, 6) is 0. The van der Waals surface area contributed by atoms with Crippen LogP contribution in [0, 0.1) is 21.4 Å². The summed E-state index contributed by atoms with van der Waals surface area (Å²) in [6.45, 7) is 2.48. The van der Waals surface area contributed by atoms with E-state index in [1.807, 2.05) is 6.07 Å². The van der Waals surface area contributed by atoms with E-state index in [-0.39, 0.29) is 30.0 Å². The van der Waals surface area contributed by atoms with Crippen molar-refractivity contribution in [2.75, 3.05) is 31.6 Å². The van der Waals surface area contributed by atoms with Crippen molar-refractivity contribution in [3.63, 3.8) is 0 Å². The number of nitrogens with one attached hydrogen (secondary N) is 1. The number of unbranched alkanes of at least 4 members (excludes halogenated alkanes) is 3. The Balaban J connectivity index is 1.65. The molecule has 0 aromatic heterocycles. The van der Waals surface area contributed by atoms with Crippen LogP contribution in [0.2, 0.25) is 0 Å². The van der Waals surface area contributed by atoms with Crippen molar-refractivity contribution in [1.29, 1.82) is 5.26 Å². The number of nitro benzene ring substituents is 1. The van der Waals surface area contributed by atoms with Crippen LogP contribution in [-0.4, -0.2) is 58.4 Å². The van der Waals surface area contributed by atoms with Gasteiger partial charge in [-0.3, -0.25) is 15.0 Å². The number of hydrogen-bond donors (Lipinski definition) is 3. The zero-order chi connectivity index (χ0) is 19.6. The van der Waals surface area contributed by atoms with Crippen LogP contribution >= 0.6 is 0 Å². The summed E-state index contributed by atoms with van der Waals surface area (Å²) in [7, 11) is 0. The molecule has 1 saturated heterocycles. The molecule has 0 radical (unpaired) electrons. The zero-order valence-electron chi connectivity index (χ0n) is 15.5. The normalized spacial score (nSPS) is 20.2. The Morgan fingerprint density at radius 3 is 2.81 bits per heavy atom. The molecule has 0 spiro atoms. The molecule has 2 rings (SSSR count). The molecule has 2 unspecified atom stereocenters. The molecule has 1 fully saturated rings. The van der Waals surface area contributed by atoms with Crippen molar-refractivity contribution in [3.05, 3.63) is 33.9 Å². The molecule has 0 aliphatic carbocycles. The molecular weight excluding hydrogens is 348 g/mol. The second-order valence-electron chi connectivity index (χ2n) is 6.99. The fourth-order valence-electron chi connectivity index (χ4n) is 3.48. The van der Waals surface area contributed by atoms with Gasteiger partial charge in [0.25, 0.3) is 5.69 Å². The summed E-state index contributed by atoms with van der Waals surface area (Å²) in [6, 6.07) is 6.41. The Morgan fingerprint density at radius 2 is 2.11 bits per heavy atom. The number of piperidine rings is 1. The molecule has 27 heavy (non-hydrogen) atoms. The molecule has 1 aliphatic rings. The lowest BCUT2D eigenvalue weighted by Gasteiger charge is -2.36. The SMILES string of the molecule is N#Cc1ccc(NCCCCCCN2CCC(O)CC2CO)c([N+](=O)[O-])c1. The fourth-order valence-corrected chi connectivity index (χ4v) is 3.48. The van der Waals surface area contributed by atoms with Gasteiger partial charge < -0.3 is 15.5 Å². The molecule has 0 saturated carbocycles. The number of nitro groups is 1. The predicted octanol–water partition coefficient (Wildman–Crippen LogP) is 2.26. The van der Waals surface area contributed by atoms with Gasteiger partial charge in [0.15, 0.2) is 0 Å². The summed E-state index contributed by atoms with van der Waals surface area (Å²) >= 11 is 0. The summed E-state index contributed by atoms with van der Waals surface area (Å²) in [4.78, 5) is 12.9. The fraction of sp³-hybridized carbons (Fsp3) is 0.632. The van der Waals surface area contributed by atoms with Gasteiger partial charge in [-0.15, -0.1) is 0 Å². The highest BCUT2D eigenvalue weighted by Crippen LogP contribution is 2.25. The highest BCUT2D eigenvalue weighted by molar-refractivity contribution is 5.63.